The number of nitrogens with two attached hydrogens (primary N) is 1. The second-order valence-corrected chi connectivity index (χ2v) is 6.19. The Kier molecular flexibility index (Phi) is 4.26. The molecule has 0 radical (unpaired) electrons. The maximum absolute atomic E-state index is 12.5. The summed E-state index contributed by atoms with van der Waals surface area (Å²) in [6.45, 7) is 5.91. The predicted octanol–water partition coefficient (Wildman–Crippen LogP) is 3.69. The summed E-state index contributed by atoms with van der Waals surface area (Å²) in [5, 5.41) is 0.610. The number of hydrogen-bond donors (Lipinski definition) is 1. The predicted molar refractivity (Wildman–Crippen MR) is 79.7 cm³/mol. The molecule has 1 amide bonds. The van der Waals surface area contributed by atoms with Crippen molar-refractivity contribution < 1.29 is 4.79 Å². The molecule has 0 aromatic heterocycles. The number of carbonyl (C=O) groups is 1. The van der Waals surface area contributed by atoms with Gasteiger partial charge in [0.25, 0.3) is 5.91 Å². The number of amides is 1. The zero-order valence-electron chi connectivity index (χ0n) is 11.1. The molecule has 0 saturated carbocycles. The Labute approximate surface area is 123 Å². The van der Waals surface area contributed by atoms with Crippen LogP contribution >= 0.6 is 23.2 Å². The van der Waals surface area contributed by atoms with E-state index >= 15 is 0 Å². The van der Waals surface area contributed by atoms with Gasteiger partial charge in [-0.05, 0) is 30.4 Å². The van der Waals surface area contributed by atoms with Gasteiger partial charge >= 0.3 is 0 Å². The van der Waals surface area contributed by atoms with Crippen LogP contribution in [0.5, 0.6) is 0 Å². The smallest absolute Gasteiger partial charge is 0.255 e. The molecule has 1 aromatic rings. The third-order valence-corrected chi connectivity index (χ3v) is 4.54. The van der Waals surface area contributed by atoms with Gasteiger partial charge in [0.05, 0.1) is 15.6 Å². The molecule has 0 aliphatic carbocycles. The summed E-state index contributed by atoms with van der Waals surface area (Å²) in [4.78, 5) is 14.3. The molecule has 1 aliphatic heterocycles. The summed E-state index contributed by atoms with van der Waals surface area (Å²) in [5.41, 5.74) is 6.58. The second kappa shape index (κ2) is 5.59. The molecular weight excluding hydrogens is 283 g/mol. The molecule has 1 saturated heterocycles. The monoisotopic (exact) mass is 300 g/mol. The fourth-order valence-electron chi connectivity index (χ4n) is 2.45. The van der Waals surface area contributed by atoms with E-state index in [4.69, 9.17) is 28.9 Å². The summed E-state index contributed by atoms with van der Waals surface area (Å²) >= 11 is 12.1. The number of carbonyl (C=O) groups excluding carboxylic acids is 1. The van der Waals surface area contributed by atoms with Gasteiger partial charge < -0.3 is 10.6 Å². The number of likely N-dealkylation sites (tertiary alicyclic amines) is 1. The number of nitrogen functional groups attached to an aromatic ring is 1. The molecule has 1 fully saturated rings. The maximum Gasteiger partial charge on any atom is 0.255 e. The average molecular weight is 301 g/mol. The van der Waals surface area contributed by atoms with Crippen LogP contribution in [0.25, 0.3) is 0 Å². The van der Waals surface area contributed by atoms with E-state index in [-0.39, 0.29) is 10.9 Å². The first-order valence-electron chi connectivity index (χ1n) is 6.44. The fraction of sp³-hybridized carbons (Fsp3) is 0.500. The molecule has 5 heteroatoms. The van der Waals surface area contributed by atoms with Crippen molar-refractivity contribution in [1.29, 1.82) is 0 Å². The first kappa shape index (κ1) is 14.5. The molecule has 1 aliphatic rings. The lowest BCUT2D eigenvalue weighted by atomic mass is 9.95. The van der Waals surface area contributed by atoms with E-state index < -0.39 is 0 Å². The van der Waals surface area contributed by atoms with Crippen LogP contribution in [0.1, 0.15) is 30.6 Å². The zero-order valence-corrected chi connectivity index (χ0v) is 12.6. The van der Waals surface area contributed by atoms with Crippen LogP contribution in [0.2, 0.25) is 10.0 Å². The van der Waals surface area contributed by atoms with Gasteiger partial charge in [0.15, 0.2) is 0 Å². The highest BCUT2D eigenvalue weighted by Gasteiger charge is 2.30. The van der Waals surface area contributed by atoms with Crippen LogP contribution in [0.15, 0.2) is 12.1 Å². The van der Waals surface area contributed by atoms with Gasteiger partial charge in [-0.25, -0.2) is 0 Å². The summed E-state index contributed by atoms with van der Waals surface area (Å²) in [6.07, 6.45) is 1.04. The van der Waals surface area contributed by atoms with E-state index in [9.17, 15) is 4.79 Å². The van der Waals surface area contributed by atoms with Crippen LogP contribution in [0.4, 0.5) is 5.69 Å². The van der Waals surface area contributed by atoms with Crippen molar-refractivity contribution in [1.82, 2.24) is 4.90 Å². The Morgan fingerprint density at radius 3 is 2.68 bits per heavy atom. The van der Waals surface area contributed by atoms with Gasteiger partial charge in [0, 0.05) is 18.8 Å². The highest BCUT2D eigenvalue weighted by molar-refractivity contribution is 6.44. The summed E-state index contributed by atoms with van der Waals surface area (Å²) in [5.74, 6) is 1.05. The summed E-state index contributed by atoms with van der Waals surface area (Å²) in [6, 6.07) is 3.15. The van der Waals surface area contributed by atoms with Gasteiger partial charge in [-0.15, -0.1) is 0 Å². The lowest BCUT2D eigenvalue weighted by molar-refractivity contribution is 0.0784. The van der Waals surface area contributed by atoms with Gasteiger partial charge in [-0.3, -0.25) is 4.79 Å². The molecule has 3 nitrogen and oxygen atoms in total. The third kappa shape index (κ3) is 2.98. The molecule has 1 heterocycles. The van der Waals surface area contributed by atoms with Gasteiger partial charge in [-0.1, -0.05) is 37.0 Å². The lowest BCUT2D eigenvalue weighted by Gasteiger charge is -2.19. The number of hydrogen-bond acceptors (Lipinski definition) is 2. The van der Waals surface area contributed by atoms with Crippen LogP contribution in [-0.2, 0) is 0 Å². The Bertz CT molecular complexity index is 502. The van der Waals surface area contributed by atoms with Crippen molar-refractivity contribution in [3.8, 4) is 0 Å². The summed E-state index contributed by atoms with van der Waals surface area (Å²) < 4.78 is 0. The Balaban J connectivity index is 2.22. The maximum atomic E-state index is 12.5. The van der Waals surface area contributed by atoms with Crippen LogP contribution in [0, 0.1) is 11.8 Å². The molecule has 19 heavy (non-hydrogen) atoms. The van der Waals surface area contributed by atoms with E-state index in [0.717, 1.165) is 19.5 Å². The van der Waals surface area contributed by atoms with Crippen LogP contribution in [-0.4, -0.2) is 23.9 Å². The highest BCUT2D eigenvalue weighted by Crippen LogP contribution is 2.31. The van der Waals surface area contributed by atoms with E-state index in [2.05, 4.69) is 13.8 Å². The number of halogens is 2. The molecule has 1 aromatic carbocycles. The van der Waals surface area contributed by atoms with Crippen molar-refractivity contribution >= 4 is 34.8 Å². The van der Waals surface area contributed by atoms with Crippen molar-refractivity contribution in [2.24, 2.45) is 11.8 Å². The number of rotatable bonds is 2. The molecule has 104 valence electrons. The zero-order chi connectivity index (χ0) is 14.2. The van der Waals surface area contributed by atoms with Gasteiger partial charge in [-0.2, -0.15) is 0 Å². The lowest BCUT2D eigenvalue weighted by Crippen LogP contribution is -2.29. The van der Waals surface area contributed by atoms with Gasteiger partial charge in [0.2, 0.25) is 0 Å². The van der Waals surface area contributed by atoms with Crippen molar-refractivity contribution in [2.45, 2.75) is 20.3 Å². The first-order chi connectivity index (χ1) is 8.90. The quantitative estimate of drug-likeness (QED) is 0.847. The largest absolute Gasteiger partial charge is 0.399 e. The Morgan fingerprint density at radius 2 is 2.11 bits per heavy atom. The van der Waals surface area contributed by atoms with Crippen LogP contribution in [0.3, 0.4) is 0 Å². The SMILES string of the molecule is CC(C)C1CCN(C(=O)c2cc(N)cc(Cl)c2Cl)C1. The molecule has 2 N–H and O–H groups in total. The van der Waals surface area contributed by atoms with E-state index in [1.54, 1.807) is 12.1 Å². The van der Waals surface area contributed by atoms with Crippen molar-refractivity contribution in [3.05, 3.63) is 27.7 Å². The molecule has 1 unspecified atom stereocenters. The van der Waals surface area contributed by atoms with Crippen molar-refractivity contribution in [2.75, 3.05) is 18.8 Å². The number of benzene rings is 1. The topological polar surface area (TPSA) is 46.3 Å². The molecule has 0 bridgehead atoms. The minimum absolute atomic E-state index is 0.0812. The third-order valence-electron chi connectivity index (χ3n) is 3.74. The minimum Gasteiger partial charge on any atom is -0.399 e. The Morgan fingerprint density at radius 1 is 1.42 bits per heavy atom. The minimum atomic E-state index is -0.0812. The standard InChI is InChI=1S/C14H18Cl2N2O/c1-8(2)9-3-4-18(7-9)14(19)11-5-10(17)6-12(15)13(11)16/h5-6,8-9H,3-4,7,17H2,1-2H3. The molecule has 2 rings (SSSR count). The van der Waals surface area contributed by atoms with E-state index in [1.165, 1.54) is 0 Å². The Hall–Kier alpha value is -0.930. The number of anilines is 1. The van der Waals surface area contributed by atoms with Gasteiger partial charge in [0.1, 0.15) is 0 Å². The van der Waals surface area contributed by atoms with E-state index in [1.807, 2.05) is 4.90 Å². The normalized spacial score (nSPS) is 19.2. The average Bonchev–Trinajstić information content (AvgIpc) is 2.82. The second-order valence-electron chi connectivity index (χ2n) is 5.41. The number of nitrogens with zero attached hydrogens (tertiary/aromatic N) is 1. The van der Waals surface area contributed by atoms with Crippen molar-refractivity contribution in [3.63, 3.8) is 0 Å². The molecule has 1 atom stereocenters. The first-order valence-corrected chi connectivity index (χ1v) is 7.19. The fourth-order valence-corrected chi connectivity index (χ4v) is 2.87. The van der Waals surface area contributed by atoms with E-state index in [0.29, 0.717) is 28.1 Å². The highest BCUT2D eigenvalue weighted by atomic mass is 35.5. The molecular formula is C14H18Cl2N2O. The molecule has 0 spiro atoms. The van der Waals surface area contributed by atoms with Crippen LogP contribution < -0.4 is 5.73 Å². The summed E-state index contributed by atoms with van der Waals surface area (Å²) in [7, 11) is 0.